The zero-order valence-corrected chi connectivity index (χ0v) is 20.9. The molecule has 14 heteroatoms. The van der Waals surface area contributed by atoms with Crippen molar-refractivity contribution in [3.8, 4) is 5.75 Å². The number of piperidine rings is 1. The van der Waals surface area contributed by atoms with Gasteiger partial charge in [-0.2, -0.15) is 0 Å². The number of amides is 1. The van der Waals surface area contributed by atoms with Crippen molar-refractivity contribution in [2.45, 2.75) is 53.9 Å². The zero-order valence-electron chi connectivity index (χ0n) is 20.1. The maximum absolute atomic E-state index is 15.0. The van der Waals surface area contributed by atoms with Crippen LogP contribution in [0.3, 0.4) is 0 Å². The number of aromatic hydroxyl groups is 1. The number of imidazole rings is 1. The van der Waals surface area contributed by atoms with Gasteiger partial charge in [0.25, 0.3) is 5.91 Å². The van der Waals surface area contributed by atoms with Crippen LogP contribution >= 0.6 is 10.2 Å². The van der Waals surface area contributed by atoms with E-state index in [-0.39, 0.29) is 42.2 Å². The average molecular weight is 563 g/mol. The lowest BCUT2D eigenvalue weighted by atomic mass is 9.41. The fourth-order valence-corrected chi connectivity index (χ4v) is 6.90. The van der Waals surface area contributed by atoms with Gasteiger partial charge >= 0.3 is 10.2 Å². The molecule has 1 amide bonds. The van der Waals surface area contributed by atoms with Gasteiger partial charge in [0.1, 0.15) is 22.3 Å². The van der Waals surface area contributed by atoms with E-state index in [0.29, 0.717) is 35.6 Å². The molecule has 3 aromatic rings. The Morgan fingerprint density at radius 2 is 1.82 bits per heavy atom. The van der Waals surface area contributed by atoms with Crippen LogP contribution in [0, 0.1) is 5.82 Å². The maximum Gasteiger partial charge on any atom is 0.310 e. The second kappa shape index (κ2) is 7.14. The molecular formula is C24H24F6N4O3S. The third-order valence-electron chi connectivity index (χ3n) is 8.26. The number of fused-ring (bicyclic) bond motifs is 1. The van der Waals surface area contributed by atoms with E-state index in [1.165, 1.54) is 4.90 Å². The van der Waals surface area contributed by atoms with Crippen molar-refractivity contribution in [2.75, 3.05) is 20.2 Å². The number of aromatic amines is 1. The maximum atomic E-state index is 15.0. The number of carbonyl (C=O) groups excluding carboxylic acids is 1. The summed E-state index contributed by atoms with van der Waals surface area (Å²) in [6.07, 6.45) is 4.30. The number of ether oxygens (including phenoxy) is 1. The van der Waals surface area contributed by atoms with Crippen LogP contribution in [0.25, 0.3) is 11.2 Å². The SMILES string of the molecule is COC12CC(c3nc4ncc(F)c(C5CCN(C(=O)c6ccc(S(F)(F)(F)(F)F)cc6O)CC5)c4[nH]3)(C1)C2. The molecule has 0 atom stereocenters. The average Bonchev–Trinajstić information content (AvgIpc) is 3.19. The highest BCUT2D eigenvalue weighted by Crippen LogP contribution is 3.02. The van der Waals surface area contributed by atoms with E-state index in [1.807, 2.05) is 0 Å². The molecule has 2 bridgehead atoms. The monoisotopic (exact) mass is 562 g/mol. The Labute approximate surface area is 212 Å². The minimum absolute atomic E-state index is 0.0937. The van der Waals surface area contributed by atoms with Crippen LogP contribution in [0.1, 0.15) is 59.8 Å². The summed E-state index contributed by atoms with van der Waals surface area (Å²) in [5.74, 6) is -2.02. The predicted molar refractivity (Wildman–Crippen MR) is 126 cm³/mol. The Kier molecular flexibility index (Phi) is 4.75. The molecule has 2 N–H and O–H groups in total. The molecule has 3 aliphatic carbocycles. The summed E-state index contributed by atoms with van der Waals surface area (Å²) in [6.45, 7) is 0.244. The molecular weight excluding hydrogens is 538 g/mol. The van der Waals surface area contributed by atoms with E-state index in [9.17, 15) is 29.3 Å². The predicted octanol–water partition coefficient (Wildman–Crippen LogP) is 6.30. The van der Waals surface area contributed by atoms with Crippen LogP contribution in [-0.2, 0) is 10.2 Å². The van der Waals surface area contributed by atoms with Crippen molar-refractivity contribution in [3.63, 3.8) is 0 Å². The van der Waals surface area contributed by atoms with Gasteiger partial charge in [-0.05, 0) is 50.2 Å². The second-order valence-corrected chi connectivity index (χ2v) is 13.1. The quantitative estimate of drug-likeness (QED) is 0.356. The number of rotatable bonds is 5. The van der Waals surface area contributed by atoms with Crippen LogP contribution in [0.5, 0.6) is 5.75 Å². The Bertz CT molecular complexity index is 1480. The molecule has 0 spiro atoms. The fourth-order valence-electron chi connectivity index (χ4n) is 6.24. The second-order valence-electron chi connectivity index (χ2n) is 10.7. The summed E-state index contributed by atoms with van der Waals surface area (Å²) in [7, 11) is -8.32. The van der Waals surface area contributed by atoms with E-state index >= 15 is 4.39 Å². The summed E-state index contributed by atoms with van der Waals surface area (Å²) in [5.41, 5.74) is 0.596. The van der Waals surface area contributed by atoms with Gasteiger partial charge in [0.15, 0.2) is 5.65 Å². The van der Waals surface area contributed by atoms with Crippen LogP contribution < -0.4 is 0 Å². The van der Waals surface area contributed by atoms with Crippen molar-refractivity contribution in [3.05, 3.63) is 47.2 Å². The number of halogens is 6. The standard InChI is InChI=1S/C24H24F6N4O3S/c1-37-24-10-23(11-24,12-24)22-32-19-18(16(25)9-31-20(19)33-22)13-4-6-34(7-5-13)21(36)15-3-2-14(8-17(15)35)38(26,27,28,29)30/h2-3,8-9,13,35H,4-7,10-12H2,1H3,(H,31,32,33). The van der Waals surface area contributed by atoms with E-state index in [0.717, 1.165) is 31.3 Å². The number of benzene rings is 1. The van der Waals surface area contributed by atoms with Crippen molar-refractivity contribution in [1.29, 1.82) is 0 Å². The molecule has 4 aliphatic rings. The van der Waals surface area contributed by atoms with E-state index in [2.05, 4.69) is 15.0 Å². The largest absolute Gasteiger partial charge is 0.507 e. The Hall–Kier alpha value is -3.00. The van der Waals surface area contributed by atoms with Crippen molar-refractivity contribution in [1.82, 2.24) is 19.9 Å². The smallest absolute Gasteiger partial charge is 0.310 e. The molecule has 1 aromatic carbocycles. The first-order chi connectivity index (χ1) is 17.5. The molecule has 3 saturated carbocycles. The number of hydrogen-bond donors (Lipinski definition) is 2. The van der Waals surface area contributed by atoms with Gasteiger partial charge in [-0.15, -0.1) is 0 Å². The highest BCUT2D eigenvalue weighted by Gasteiger charge is 2.70. The molecule has 0 radical (unpaired) electrons. The number of H-pyrrole nitrogens is 1. The third kappa shape index (κ3) is 3.82. The van der Waals surface area contributed by atoms with Crippen molar-refractivity contribution in [2.24, 2.45) is 0 Å². The van der Waals surface area contributed by atoms with Gasteiger partial charge in [0.05, 0.1) is 22.9 Å². The molecule has 0 unspecified atom stereocenters. The van der Waals surface area contributed by atoms with E-state index < -0.39 is 38.2 Å². The van der Waals surface area contributed by atoms with Crippen LogP contribution in [0.15, 0.2) is 29.3 Å². The van der Waals surface area contributed by atoms with Gasteiger partial charge < -0.3 is 19.7 Å². The summed E-state index contributed by atoms with van der Waals surface area (Å²) < 4.78 is 85.7. The van der Waals surface area contributed by atoms with Gasteiger partial charge in [-0.3, -0.25) is 4.79 Å². The number of carbonyl (C=O) groups is 1. The number of phenolic OH excluding ortho intramolecular Hbond substituents is 1. The number of pyridine rings is 1. The first-order valence-electron chi connectivity index (χ1n) is 12.0. The summed E-state index contributed by atoms with van der Waals surface area (Å²) in [6, 6.07) is 0.523. The van der Waals surface area contributed by atoms with Crippen LogP contribution in [0.4, 0.5) is 23.8 Å². The fraction of sp³-hybridized carbons (Fsp3) is 0.458. The number of hydrogen-bond acceptors (Lipinski definition) is 5. The molecule has 4 fully saturated rings. The molecule has 206 valence electrons. The number of phenols is 1. The molecule has 7 rings (SSSR count). The lowest BCUT2D eigenvalue weighted by Crippen LogP contribution is -2.70. The Morgan fingerprint density at radius 3 is 2.39 bits per heavy atom. The highest BCUT2D eigenvalue weighted by molar-refractivity contribution is 8.45. The topological polar surface area (TPSA) is 91.3 Å². The molecule has 2 aromatic heterocycles. The third-order valence-corrected chi connectivity index (χ3v) is 9.41. The number of aromatic nitrogens is 3. The molecule has 1 saturated heterocycles. The van der Waals surface area contributed by atoms with Crippen molar-refractivity contribution < 1.29 is 38.5 Å². The van der Waals surface area contributed by atoms with Gasteiger partial charge in [-0.1, -0.05) is 19.4 Å². The number of likely N-dealkylation sites (tertiary alicyclic amines) is 1. The minimum atomic E-state index is -10.0. The molecule has 38 heavy (non-hydrogen) atoms. The Balaban J connectivity index is 1.20. The molecule has 1 aliphatic heterocycles. The van der Waals surface area contributed by atoms with Gasteiger partial charge in [0.2, 0.25) is 0 Å². The first-order valence-corrected chi connectivity index (χ1v) is 13.9. The van der Waals surface area contributed by atoms with Gasteiger partial charge in [-0.25, -0.2) is 14.4 Å². The van der Waals surface area contributed by atoms with Crippen molar-refractivity contribution >= 4 is 27.3 Å². The van der Waals surface area contributed by atoms with Crippen LogP contribution in [-0.4, -0.2) is 56.7 Å². The normalized spacial score (nSPS) is 27.4. The lowest BCUT2D eigenvalue weighted by molar-refractivity contribution is -0.234. The minimum Gasteiger partial charge on any atom is -0.507 e. The highest BCUT2D eigenvalue weighted by atomic mass is 32.5. The molecule has 7 nitrogen and oxygen atoms in total. The number of nitrogens with one attached hydrogen (secondary N) is 1. The summed E-state index contributed by atoms with van der Waals surface area (Å²) in [4.78, 5) is 23.9. The summed E-state index contributed by atoms with van der Waals surface area (Å²) >= 11 is 0. The van der Waals surface area contributed by atoms with E-state index in [1.54, 1.807) is 7.11 Å². The van der Waals surface area contributed by atoms with Gasteiger partial charge in [0, 0.05) is 37.2 Å². The summed E-state index contributed by atoms with van der Waals surface area (Å²) in [5, 5.41) is 9.96. The Morgan fingerprint density at radius 1 is 1.16 bits per heavy atom. The zero-order chi connectivity index (χ0) is 27.4. The number of methoxy groups -OCH3 is 1. The first kappa shape index (κ1) is 25.3. The van der Waals surface area contributed by atoms with Crippen LogP contribution in [0.2, 0.25) is 0 Å². The number of nitrogens with zero attached hydrogens (tertiary/aromatic N) is 3. The van der Waals surface area contributed by atoms with E-state index in [4.69, 9.17) is 4.74 Å². The lowest BCUT2D eigenvalue weighted by Gasteiger charge is -2.68. The molecule has 3 heterocycles.